The minimum atomic E-state index is 0.580. The number of hydrogen-bond donors (Lipinski definition) is 0. The predicted octanol–water partition coefficient (Wildman–Crippen LogP) is 3.40. The lowest BCUT2D eigenvalue weighted by Gasteiger charge is -2.11. The molecule has 2 aliphatic carbocycles. The third-order valence-electron chi connectivity index (χ3n) is 2.40. The SMILES string of the molecule is CC1C=CC=C2CCC=CC2=C1. The Hall–Kier alpha value is -1.04. The van der Waals surface area contributed by atoms with Crippen LogP contribution in [0, 0.1) is 5.92 Å². The molecule has 2 rings (SSSR count). The molecule has 0 radical (unpaired) electrons. The van der Waals surface area contributed by atoms with Gasteiger partial charge in [0.25, 0.3) is 0 Å². The molecule has 0 nitrogen and oxygen atoms in total. The molecule has 62 valence electrons. The first kappa shape index (κ1) is 7.60. The monoisotopic (exact) mass is 158 g/mol. The van der Waals surface area contributed by atoms with E-state index >= 15 is 0 Å². The molecule has 0 bridgehead atoms. The first-order valence-electron chi connectivity index (χ1n) is 4.62. The van der Waals surface area contributed by atoms with Crippen molar-refractivity contribution in [3.05, 3.63) is 47.6 Å². The fraction of sp³-hybridized carbons (Fsp3) is 0.333. The van der Waals surface area contributed by atoms with Crippen molar-refractivity contribution in [2.75, 3.05) is 0 Å². The van der Waals surface area contributed by atoms with Gasteiger partial charge in [-0.2, -0.15) is 0 Å². The minimum Gasteiger partial charge on any atom is -0.0836 e. The van der Waals surface area contributed by atoms with Gasteiger partial charge in [0, 0.05) is 0 Å². The summed E-state index contributed by atoms with van der Waals surface area (Å²) in [5.41, 5.74) is 2.93. The Morgan fingerprint density at radius 1 is 1.42 bits per heavy atom. The Morgan fingerprint density at radius 2 is 2.33 bits per heavy atom. The Bertz CT molecular complexity index is 287. The number of allylic oxidation sites excluding steroid dienone is 8. The average Bonchev–Trinajstić information content (AvgIpc) is 2.25. The lowest BCUT2D eigenvalue weighted by molar-refractivity contribution is 0.917. The Morgan fingerprint density at radius 3 is 3.25 bits per heavy atom. The molecular formula is C12H14. The van der Waals surface area contributed by atoms with Crippen LogP contribution in [-0.2, 0) is 0 Å². The van der Waals surface area contributed by atoms with Crippen molar-refractivity contribution in [1.82, 2.24) is 0 Å². The van der Waals surface area contributed by atoms with Crippen LogP contribution in [0.2, 0.25) is 0 Å². The molecular weight excluding hydrogens is 144 g/mol. The number of hydrogen-bond acceptors (Lipinski definition) is 0. The first-order valence-corrected chi connectivity index (χ1v) is 4.62. The van der Waals surface area contributed by atoms with Gasteiger partial charge in [0.2, 0.25) is 0 Å². The maximum atomic E-state index is 2.34. The topological polar surface area (TPSA) is 0 Å². The highest BCUT2D eigenvalue weighted by atomic mass is 14.1. The van der Waals surface area contributed by atoms with Crippen molar-refractivity contribution in [2.24, 2.45) is 5.92 Å². The van der Waals surface area contributed by atoms with Crippen LogP contribution in [0.1, 0.15) is 19.8 Å². The molecule has 0 saturated heterocycles. The highest BCUT2D eigenvalue weighted by Crippen LogP contribution is 2.26. The quantitative estimate of drug-likeness (QED) is 0.507. The fourth-order valence-electron chi connectivity index (χ4n) is 1.73. The molecule has 1 atom stereocenters. The smallest absolute Gasteiger partial charge is 0.00697 e. The van der Waals surface area contributed by atoms with Crippen LogP contribution in [-0.4, -0.2) is 0 Å². The molecule has 0 aromatic heterocycles. The summed E-state index contributed by atoms with van der Waals surface area (Å²) in [7, 11) is 0. The van der Waals surface area contributed by atoms with E-state index in [2.05, 4.69) is 43.4 Å². The van der Waals surface area contributed by atoms with E-state index in [0.717, 1.165) is 0 Å². The molecule has 0 heterocycles. The zero-order valence-corrected chi connectivity index (χ0v) is 7.46. The summed E-state index contributed by atoms with van der Waals surface area (Å²) in [6, 6.07) is 0. The molecule has 2 aliphatic rings. The molecule has 12 heavy (non-hydrogen) atoms. The summed E-state index contributed by atoms with van der Waals surface area (Å²) < 4.78 is 0. The molecule has 0 amide bonds. The highest BCUT2D eigenvalue weighted by molar-refractivity contribution is 5.46. The van der Waals surface area contributed by atoms with Gasteiger partial charge in [-0.3, -0.25) is 0 Å². The number of rotatable bonds is 0. The summed E-state index contributed by atoms with van der Waals surface area (Å²) in [6.45, 7) is 2.22. The van der Waals surface area contributed by atoms with E-state index in [1.807, 2.05) is 0 Å². The van der Waals surface area contributed by atoms with Crippen LogP contribution < -0.4 is 0 Å². The Balaban J connectivity index is 2.38. The van der Waals surface area contributed by atoms with Gasteiger partial charge < -0.3 is 0 Å². The average molecular weight is 158 g/mol. The molecule has 1 unspecified atom stereocenters. The van der Waals surface area contributed by atoms with Gasteiger partial charge in [-0.1, -0.05) is 43.4 Å². The number of fused-ring (bicyclic) bond motifs is 1. The van der Waals surface area contributed by atoms with Crippen LogP contribution in [0.5, 0.6) is 0 Å². The summed E-state index contributed by atoms with van der Waals surface area (Å²) in [5, 5.41) is 0. The van der Waals surface area contributed by atoms with E-state index in [4.69, 9.17) is 0 Å². The third kappa shape index (κ3) is 1.42. The van der Waals surface area contributed by atoms with Gasteiger partial charge in [0.15, 0.2) is 0 Å². The van der Waals surface area contributed by atoms with Crippen LogP contribution in [0.3, 0.4) is 0 Å². The van der Waals surface area contributed by atoms with Crippen molar-refractivity contribution in [2.45, 2.75) is 19.8 Å². The third-order valence-corrected chi connectivity index (χ3v) is 2.40. The summed E-state index contributed by atoms with van der Waals surface area (Å²) in [5.74, 6) is 0.580. The van der Waals surface area contributed by atoms with Crippen LogP contribution in [0.25, 0.3) is 0 Å². The molecule has 0 spiro atoms. The maximum absolute atomic E-state index is 2.34. The summed E-state index contributed by atoms with van der Waals surface area (Å²) >= 11 is 0. The van der Waals surface area contributed by atoms with E-state index in [1.54, 1.807) is 0 Å². The van der Waals surface area contributed by atoms with Gasteiger partial charge in [-0.05, 0) is 29.9 Å². The molecule has 0 heteroatoms. The Labute approximate surface area is 74.0 Å². The zero-order chi connectivity index (χ0) is 8.39. The standard InChI is InChI=1S/C12H14/c1-10-5-4-8-11-6-2-3-7-12(11)9-10/h3-5,7-10H,2,6H2,1H3. The van der Waals surface area contributed by atoms with Crippen LogP contribution >= 0.6 is 0 Å². The van der Waals surface area contributed by atoms with E-state index in [1.165, 1.54) is 24.0 Å². The van der Waals surface area contributed by atoms with Crippen molar-refractivity contribution in [3.63, 3.8) is 0 Å². The van der Waals surface area contributed by atoms with Gasteiger partial charge in [-0.15, -0.1) is 0 Å². The van der Waals surface area contributed by atoms with Crippen molar-refractivity contribution < 1.29 is 0 Å². The van der Waals surface area contributed by atoms with Crippen molar-refractivity contribution >= 4 is 0 Å². The highest BCUT2D eigenvalue weighted by Gasteiger charge is 2.08. The van der Waals surface area contributed by atoms with Gasteiger partial charge >= 0.3 is 0 Å². The maximum Gasteiger partial charge on any atom is -0.00697 e. The van der Waals surface area contributed by atoms with E-state index < -0.39 is 0 Å². The normalized spacial score (nSPS) is 27.2. The molecule has 0 fully saturated rings. The second-order valence-electron chi connectivity index (χ2n) is 3.50. The summed E-state index contributed by atoms with van der Waals surface area (Å²) in [6.07, 6.45) is 15.9. The van der Waals surface area contributed by atoms with E-state index in [-0.39, 0.29) is 0 Å². The van der Waals surface area contributed by atoms with Crippen molar-refractivity contribution in [3.8, 4) is 0 Å². The first-order chi connectivity index (χ1) is 5.86. The fourth-order valence-corrected chi connectivity index (χ4v) is 1.73. The molecule has 0 aromatic rings. The zero-order valence-electron chi connectivity index (χ0n) is 7.46. The molecule has 0 saturated carbocycles. The second-order valence-corrected chi connectivity index (χ2v) is 3.50. The largest absolute Gasteiger partial charge is 0.0836 e. The Kier molecular flexibility index (Phi) is 1.99. The van der Waals surface area contributed by atoms with Gasteiger partial charge in [0.05, 0.1) is 0 Å². The van der Waals surface area contributed by atoms with E-state index in [9.17, 15) is 0 Å². The van der Waals surface area contributed by atoms with Crippen LogP contribution in [0.4, 0.5) is 0 Å². The molecule has 0 aliphatic heterocycles. The second kappa shape index (κ2) is 3.14. The lowest BCUT2D eigenvalue weighted by Crippen LogP contribution is -1.93. The van der Waals surface area contributed by atoms with Crippen molar-refractivity contribution in [1.29, 1.82) is 0 Å². The minimum absolute atomic E-state index is 0.580. The molecule has 0 aromatic carbocycles. The van der Waals surface area contributed by atoms with Gasteiger partial charge in [0.1, 0.15) is 0 Å². The van der Waals surface area contributed by atoms with E-state index in [0.29, 0.717) is 5.92 Å². The summed E-state index contributed by atoms with van der Waals surface area (Å²) in [4.78, 5) is 0. The van der Waals surface area contributed by atoms with Gasteiger partial charge in [-0.25, -0.2) is 0 Å². The van der Waals surface area contributed by atoms with Crippen LogP contribution in [0.15, 0.2) is 47.6 Å². The molecule has 0 N–H and O–H groups in total. The predicted molar refractivity (Wildman–Crippen MR) is 52.8 cm³/mol. The lowest BCUT2D eigenvalue weighted by atomic mass is 9.94.